The van der Waals surface area contributed by atoms with Crippen molar-refractivity contribution in [2.75, 3.05) is 26.2 Å². The van der Waals surface area contributed by atoms with Crippen LogP contribution in [0, 0.1) is 0 Å². The Kier molecular flexibility index (Phi) is 8.64. The van der Waals surface area contributed by atoms with Crippen LogP contribution < -0.4 is 5.32 Å². The number of likely N-dealkylation sites (N-methyl/N-ethyl adjacent to an activating group) is 1. The molecule has 0 aromatic heterocycles. The molecule has 0 heterocycles. The predicted molar refractivity (Wildman–Crippen MR) is 77.9 cm³/mol. The van der Waals surface area contributed by atoms with Crippen LogP contribution in [0.15, 0.2) is 0 Å². The molecule has 1 saturated carbocycles. The van der Waals surface area contributed by atoms with E-state index in [4.69, 9.17) is 0 Å². The molecule has 1 atom stereocenters. The molecule has 0 aliphatic heterocycles. The van der Waals surface area contributed by atoms with Gasteiger partial charge in [0, 0.05) is 19.1 Å². The lowest BCUT2D eigenvalue weighted by molar-refractivity contribution is 0.112. The van der Waals surface area contributed by atoms with Crippen molar-refractivity contribution in [1.29, 1.82) is 0 Å². The maximum absolute atomic E-state index is 10.0. The summed E-state index contributed by atoms with van der Waals surface area (Å²) >= 11 is 0. The van der Waals surface area contributed by atoms with Gasteiger partial charge in [0.2, 0.25) is 0 Å². The second-order valence-corrected chi connectivity index (χ2v) is 5.59. The van der Waals surface area contributed by atoms with Gasteiger partial charge in [0.15, 0.2) is 0 Å². The molecule has 3 heteroatoms. The Morgan fingerprint density at radius 3 is 2.17 bits per heavy atom. The maximum atomic E-state index is 10.0. The summed E-state index contributed by atoms with van der Waals surface area (Å²) in [7, 11) is 0. The molecule has 1 aliphatic carbocycles. The van der Waals surface area contributed by atoms with Crippen molar-refractivity contribution in [1.82, 2.24) is 10.2 Å². The highest BCUT2D eigenvalue weighted by molar-refractivity contribution is 4.73. The van der Waals surface area contributed by atoms with E-state index >= 15 is 0 Å². The molecule has 0 spiro atoms. The van der Waals surface area contributed by atoms with E-state index in [9.17, 15) is 5.11 Å². The zero-order valence-corrected chi connectivity index (χ0v) is 12.3. The standard InChI is InChI=1S/C15H32N2O/c1-3-17(4-2)13-15(18)12-16-14-10-8-6-5-7-9-11-14/h14-16,18H,3-13H2,1-2H3. The number of rotatable bonds is 7. The normalized spacial score (nSPS) is 20.7. The number of aliphatic hydroxyl groups is 1. The van der Waals surface area contributed by atoms with E-state index in [1.165, 1.54) is 44.9 Å². The highest BCUT2D eigenvalue weighted by Gasteiger charge is 2.14. The topological polar surface area (TPSA) is 35.5 Å². The van der Waals surface area contributed by atoms with Gasteiger partial charge in [0.05, 0.1) is 6.10 Å². The Bertz CT molecular complexity index is 187. The fourth-order valence-corrected chi connectivity index (χ4v) is 2.81. The van der Waals surface area contributed by atoms with Crippen LogP contribution in [-0.4, -0.2) is 48.3 Å². The van der Waals surface area contributed by atoms with E-state index in [1.54, 1.807) is 0 Å². The Morgan fingerprint density at radius 2 is 1.61 bits per heavy atom. The summed E-state index contributed by atoms with van der Waals surface area (Å²) in [6.07, 6.45) is 9.25. The smallest absolute Gasteiger partial charge is 0.0791 e. The molecule has 1 aliphatic rings. The van der Waals surface area contributed by atoms with Gasteiger partial charge in [-0.05, 0) is 25.9 Å². The largest absolute Gasteiger partial charge is 0.390 e. The number of hydrogen-bond donors (Lipinski definition) is 2. The van der Waals surface area contributed by atoms with Crippen molar-refractivity contribution in [3.05, 3.63) is 0 Å². The summed E-state index contributed by atoms with van der Waals surface area (Å²) in [4.78, 5) is 2.28. The SMILES string of the molecule is CCN(CC)CC(O)CNC1CCCCCCC1. The van der Waals surface area contributed by atoms with E-state index in [1.807, 2.05) is 0 Å². The molecule has 1 unspecified atom stereocenters. The van der Waals surface area contributed by atoms with Gasteiger partial charge in [-0.2, -0.15) is 0 Å². The number of nitrogens with zero attached hydrogens (tertiary/aromatic N) is 1. The van der Waals surface area contributed by atoms with Crippen LogP contribution in [0.2, 0.25) is 0 Å². The molecule has 1 rings (SSSR count). The van der Waals surface area contributed by atoms with Crippen molar-refractivity contribution in [2.24, 2.45) is 0 Å². The van der Waals surface area contributed by atoms with Gasteiger partial charge in [0.1, 0.15) is 0 Å². The molecular formula is C15H32N2O. The Labute approximate surface area is 113 Å². The van der Waals surface area contributed by atoms with Gasteiger partial charge in [-0.15, -0.1) is 0 Å². The van der Waals surface area contributed by atoms with Gasteiger partial charge in [0.25, 0.3) is 0 Å². The Morgan fingerprint density at radius 1 is 1.06 bits per heavy atom. The second kappa shape index (κ2) is 9.76. The van der Waals surface area contributed by atoms with Crippen LogP contribution in [0.5, 0.6) is 0 Å². The molecule has 0 aromatic rings. The zero-order chi connectivity index (χ0) is 13.2. The van der Waals surface area contributed by atoms with E-state index in [0.29, 0.717) is 6.04 Å². The Hall–Kier alpha value is -0.120. The van der Waals surface area contributed by atoms with Crippen molar-refractivity contribution in [2.45, 2.75) is 70.9 Å². The summed E-state index contributed by atoms with van der Waals surface area (Å²) in [5.41, 5.74) is 0. The van der Waals surface area contributed by atoms with Crippen molar-refractivity contribution < 1.29 is 5.11 Å². The average Bonchev–Trinajstić information content (AvgIpc) is 2.34. The lowest BCUT2D eigenvalue weighted by Gasteiger charge is -2.25. The lowest BCUT2D eigenvalue weighted by Crippen LogP contribution is -2.41. The predicted octanol–water partition coefficient (Wildman–Crippen LogP) is 2.39. The van der Waals surface area contributed by atoms with Crippen LogP contribution in [0.1, 0.15) is 58.8 Å². The number of hydrogen-bond acceptors (Lipinski definition) is 3. The van der Waals surface area contributed by atoms with Crippen LogP contribution in [0.3, 0.4) is 0 Å². The molecule has 0 bridgehead atoms. The third-order valence-corrected chi connectivity index (χ3v) is 4.11. The minimum absolute atomic E-state index is 0.227. The fourth-order valence-electron chi connectivity index (χ4n) is 2.81. The van der Waals surface area contributed by atoms with Crippen LogP contribution >= 0.6 is 0 Å². The zero-order valence-electron chi connectivity index (χ0n) is 12.3. The number of aliphatic hydroxyl groups excluding tert-OH is 1. The van der Waals surface area contributed by atoms with Gasteiger partial charge >= 0.3 is 0 Å². The first-order chi connectivity index (χ1) is 8.76. The minimum atomic E-state index is -0.227. The van der Waals surface area contributed by atoms with E-state index in [2.05, 4.69) is 24.1 Å². The van der Waals surface area contributed by atoms with Gasteiger partial charge < -0.3 is 15.3 Å². The van der Waals surface area contributed by atoms with Crippen molar-refractivity contribution in [3.63, 3.8) is 0 Å². The van der Waals surface area contributed by atoms with Crippen LogP contribution in [0.25, 0.3) is 0 Å². The molecule has 3 nitrogen and oxygen atoms in total. The lowest BCUT2D eigenvalue weighted by atomic mass is 9.96. The maximum Gasteiger partial charge on any atom is 0.0791 e. The molecule has 18 heavy (non-hydrogen) atoms. The molecule has 0 saturated heterocycles. The first kappa shape index (κ1) is 15.9. The van der Waals surface area contributed by atoms with E-state index in [0.717, 1.165) is 26.2 Å². The third-order valence-electron chi connectivity index (χ3n) is 4.11. The summed E-state index contributed by atoms with van der Waals surface area (Å²) in [5, 5.41) is 13.6. The quantitative estimate of drug-likeness (QED) is 0.734. The van der Waals surface area contributed by atoms with E-state index in [-0.39, 0.29) is 6.10 Å². The summed E-state index contributed by atoms with van der Waals surface area (Å²) < 4.78 is 0. The first-order valence-corrected chi connectivity index (χ1v) is 7.90. The molecule has 0 amide bonds. The highest BCUT2D eigenvalue weighted by Crippen LogP contribution is 2.16. The molecule has 1 fully saturated rings. The minimum Gasteiger partial charge on any atom is -0.390 e. The second-order valence-electron chi connectivity index (χ2n) is 5.59. The fraction of sp³-hybridized carbons (Fsp3) is 1.00. The molecule has 0 aromatic carbocycles. The molecule has 0 radical (unpaired) electrons. The van der Waals surface area contributed by atoms with Crippen molar-refractivity contribution >= 4 is 0 Å². The van der Waals surface area contributed by atoms with Crippen molar-refractivity contribution in [3.8, 4) is 0 Å². The summed E-state index contributed by atoms with van der Waals surface area (Å²) in [6, 6.07) is 0.636. The molecular weight excluding hydrogens is 224 g/mol. The van der Waals surface area contributed by atoms with Gasteiger partial charge in [-0.25, -0.2) is 0 Å². The Balaban J connectivity index is 2.17. The average molecular weight is 256 g/mol. The number of nitrogens with one attached hydrogen (secondary N) is 1. The van der Waals surface area contributed by atoms with Crippen LogP contribution in [0.4, 0.5) is 0 Å². The molecule has 108 valence electrons. The first-order valence-electron chi connectivity index (χ1n) is 7.90. The summed E-state index contributed by atoms with van der Waals surface area (Å²) in [5.74, 6) is 0. The third kappa shape index (κ3) is 6.72. The molecule has 2 N–H and O–H groups in total. The van der Waals surface area contributed by atoms with E-state index < -0.39 is 0 Å². The highest BCUT2D eigenvalue weighted by atomic mass is 16.3. The van der Waals surface area contributed by atoms with Gasteiger partial charge in [-0.3, -0.25) is 0 Å². The van der Waals surface area contributed by atoms with Crippen LogP contribution in [-0.2, 0) is 0 Å². The monoisotopic (exact) mass is 256 g/mol. The summed E-state index contributed by atoms with van der Waals surface area (Å²) in [6.45, 7) is 7.90. The van der Waals surface area contributed by atoms with Gasteiger partial charge in [-0.1, -0.05) is 46.0 Å².